The minimum atomic E-state index is -0.724. The molecule has 4 aromatic rings. The Kier molecular flexibility index (Phi) is 3.89. The van der Waals surface area contributed by atoms with Gasteiger partial charge in [-0.3, -0.25) is 10.1 Å². The maximum atomic E-state index is 13.8. The van der Waals surface area contributed by atoms with Crippen molar-refractivity contribution >= 4 is 22.5 Å². The fourth-order valence-electron chi connectivity index (χ4n) is 2.66. The van der Waals surface area contributed by atoms with Gasteiger partial charge in [-0.05, 0) is 36.2 Å². The molecule has 4 heterocycles. The van der Waals surface area contributed by atoms with Crippen molar-refractivity contribution in [1.29, 1.82) is 0 Å². The summed E-state index contributed by atoms with van der Waals surface area (Å²) in [5.41, 5.74) is 4.44. The van der Waals surface area contributed by atoms with Gasteiger partial charge in [-0.15, -0.1) is 0 Å². The Morgan fingerprint density at radius 2 is 1.96 bits per heavy atom. The van der Waals surface area contributed by atoms with Crippen LogP contribution in [0.1, 0.15) is 12.5 Å². The van der Waals surface area contributed by atoms with Crippen LogP contribution in [0.3, 0.4) is 0 Å². The molecule has 0 atom stereocenters. The summed E-state index contributed by atoms with van der Waals surface area (Å²) in [6, 6.07) is 7.05. The van der Waals surface area contributed by atoms with Crippen molar-refractivity contribution in [1.82, 2.24) is 25.1 Å². The Morgan fingerprint density at radius 1 is 1.08 bits per heavy atom. The summed E-state index contributed by atoms with van der Waals surface area (Å²) >= 11 is 5.74. The van der Waals surface area contributed by atoms with Crippen molar-refractivity contribution in [3.8, 4) is 22.6 Å². The summed E-state index contributed by atoms with van der Waals surface area (Å²) < 4.78 is 13.8. The number of aryl methyl sites for hydroxylation is 1. The van der Waals surface area contributed by atoms with E-state index in [1.165, 1.54) is 6.07 Å². The molecular formula is C18H13ClFN5. The SMILES string of the molecule is CCc1cncc(-c2cc3[nH]ncc3c(-c3ccc(Cl)c(F)n3)n2)c1. The minimum absolute atomic E-state index is 0.0248. The van der Waals surface area contributed by atoms with Crippen LogP contribution in [0, 0.1) is 5.95 Å². The summed E-state index contributed by atoms with van der Waals surface area (Å²) in [4.78, 5) is 12.9. The molecule has 0 aliphatic rings. The fourth-order valence-corrected chi connectivity index (χ4v) is 2.76. The van der Waals surface area contributed by atoms with Gasteiger partial charge in [0.05, 0.1) is 28.1 Å². The van der Waals surface area contributed by atoms with E-state index in [0.717, 1.165) is 28.5 Å². The van der Waals surface area contributed by atoms with E-state index >= 15 is 0 Å². The second-order valence-electron chi connectivity index (χ2n) is 5.59. The topological polar surface area (TPSA) is 67.3 Å². The van der Waals surface area contributed by atoms with E-state index in [4.69, 9.17) is 11.6 Å². The molecule has 1 N–H and O–H groups in total. The van der Waals surface area contributed by atoms with Crippen molar-refractivity contribution < 1.29 is 4.39 Å². The van der Waals surface area contributed by atoms with Crippen LogP contribution in [-0.2, 0) is 6.42 Å². The molecule has 4 rings (SSSR count). The lowest BCUT2D eigenvalue weighted by atomic mass is 10.1. The third-order valence-corrected chi connectivity index (χ3v) is 4.26. The third-order valence-electron chi connectivity index (χ3n) is 3.98. The number of aromatic amines is 1. The zero-order valence-corrected chi connectivity index (χ0v) is 14.0. The number of hydrogen-bond donors (Lipinski definition) is 1. The van der Waals surface area contributed by atoms with Gasteiger partial charge < -0.3 is 0 Å². The second kappa shape index (κ2) is 6.22. The van der Waals surface area contributed by atoms with Crippen LogP contribution in [-0.4, -0.2) is 25.1 Å². The molecule has 0 saturated carbocycles. The van der Waals surface area contributed by atoms with Gasteiger partial charge >= 0.3 is 0 Å². The van der Waals surface area contributed by atoms with E-state index in [1.54, 1.807) is 18.5 Å². The number of fused-ring (bicyclic) bond motifs is 1. The molecule has 0 saturated heterocycles. The first kappa shape index (κ1) is 15.7. The Balaban J connectivity index is 1.94. The lowest BCUT2D eigenvalue weighted by Crippen LogP contribution is -1.95. The molecular weight excluding hydrogens is 341 g/mol. The van der Waals surface area contributed by atoms with Crippen molar-refractivity contribution in [2.24, 2.45) is 0 Å². The van der Waals surface area contributed by atoms with Crippen LogP contribution in [0.5, 0.6) is 0 Å². The predicted molar refractivity (Wildman–Crippen MR) is 94.7 cm³/mol. The Hall–Kier alpha value is -2.86. The number of hydrogen-bond acceptors (Lipinski definition) is 4. The summed E-state index contributed by atoms with van der Waals surface area (Å²) in [6.07, 6.45) is 6.11. The Labute approximate surface area is 147 Å². The molecule has 5 nitrogen and oxygen atoms in total. The highest BCUT2D eigenvalue weighted by molar-refractivity contribution is 6.30. The number of aromatic nitrogens is 5. The number of nitrogens with zero attached hydrogens (tertiary/aromatic N) is 4. The highest BCUT2D eigenvalue weighted by Gasteiger charge is 2.14. The number of halogens is 2. The first-order valence-corrected chi connectivity index (χ1v) is 8.14. The highest BCUT2D eigenvalue weighted by Crippen LogP contribution is 2.30. The first-order valence-electron chi connectivity index (χ1n) is 7.76. The average molecular weight is 354 g/mol. The molecule has 0 radical (unpaired) electrons. The number of rotatable bonds is 3. The van der Waals surface area contributed by atoms with E-state index in [2.05, 4.69) is 32.1 Å². The van der Waals surface area contributed by atoms with Crippen molar-refractivity contribution in [2.45, 2.75) is 13.3 Å². The quantitative estimate of drug-likeness (QED) is 0.553. The molecule has 124 valence electrons. The Bertz CT molecular complexity index is 1080. The molecule has 25 heavy (non-hydrogen) atoms. The van der Waals surface area contributed by atoms with Crippen LogP contribution in [0.4, 0.5) is 4.39 Å². The molecule has 0 unspecified atom stereocenters. The van der Waals surface area contributed by atoms with Crippen LogP contribution in [0.25, 0.3) is 33.5 Å². The molecule has 0 aliphatic heterocycles. The normalized spacial score (nSPS) is 11.2. The maximum absolute atomic E-state index is 13.8. The lowest BCUT2D eigenvalue weighted by Gasteiger charge is -2.08. The maximum Gasteiger partial charge on any atom is 0.232 e. The van der Waals surface area contributed by atoms with Gasteiger partial charge in [0.25, 0.3) is 0 Å². The van der Waals surface area contributed by atoms with E-state index < -0.39 is 5.95 Å². The largest absolute Gasteiger partial charge is 0.278 e. The van der Waals surface area contributed by atoms with E-state index in [9.17, 15) is 4.39 Å². The van der Waals surface area contributed by atoms with Gasteiger partial charge in [0.1, 0.15) is 5.69 Å². The van der Waals surface area contributed by atoms with Crippen LogP contribution in [0.2, 0.25) is 5.02 Å². The molecule has 0 aliphatic carbocycles. The van der Waals surface area contributed by atoms with Gasteiger partial charge in [-0.1, -0.05) is 18.5 Å². The molecule has 7 heteroatoms. The van der Waals surface area contributed by atoms with Gasteiger partial charge in [0.2, 0.25) is 5.95 Å². The first-order chi connectivity index (χ1) is 12.2. The van der Waals surface area contributed by atoms with Gasteiger partial charge in [-0.25, -0.2) is 9.97 Å². The van der Waals surface area contributed by atoms with Gasteiger partial charge in [0.15, 0.2) is 0 Å². The molecule has 4 aromatic heterocycles. The van der Waals surface area contributed by atoms with Gasteiger partial charge in [0, 0.05) is 23.3 Å². The standard InChI is InChI=1S/C18H13ClFN5/c1-2-10-5-11(8-21-7-10)15-6-16-12(9-22-25-16)17(23-15)14-4-3-13(19)18(20)24-14/h3-9H,2H2,1H3,(H,22,25). The third kappa shape index (κ3) is 2.85. The fraction of sp³-hybridized carbons (Fsp3) is 0.111. The second-order valence-corrected chi connectivity index (χ2v) is 6.00. The number of H-pyrrole nitrogens is 1. The summed E-state index contributed by atoms with van der Waals surface area (Å²) in [6.45, 7) is 2.07. The predicted octanol–water partition coefficient (Wildman–Crippen LogP) is 4.44. The molecule has 0 aromatic carbocycles. The molecule has 0 spiro atoms. The molecule has 0 amide bonds. The summed E-state index contributed by atoms with van der Waals surface area (Å²) in [5, 5.41) is 7.74. The zero-order chi connectivity index (χ0) is 17.4. The van der Waals surface area contributed by atoms with Crippen molar-refractivity contribution in [3.05, 3.63) is 59.4 Å². The average Bonchev–Trinajstić information content (AvgIpc) is 3.12. The lowest BCUT2D eigenvalue weighted by molar-refractivity contribution is 0.585. The van der Waals surface area contributed by atoms with Gasteiger partial charge in [-0.2, -0.15) is 9.49 Å². The smallest absolute Gasteiger partial charge is 0.232 e. The minimum Gasteiger partial charge on any atom is -0.278 e. The van der Waals surface area contributed by atoms with E-state index in [0.29, 0.717) is 17.1 Å². The van der Waals surface area contributed by atoms with Crippen molar-refractivity contribution in [2.75, 3.05) is 0 Å². The number of pyridine rings is 3. The summed E-state index contributed by atoms with van der Waals surface area (Å²) in [5.74, 6) is -0.724. The van der Waals surface area contributed by atoms with Crippen molar-refractivity contribution in [3.63, 3.8) is 0 Å². The highest BCUT2D eigenvalue weighted by atomic mass is 35.5. The van der Waals surface area contributed by atoms with E-state index in [1.807, 2.05) is 18.3 Å². The van der Waals surface area contributed by atoms with Crippen LogP contribution in [0.15, 0.2) is 42.9 Å². The molecule has 0 fully saturated rings. The van der Waals surface area contributed by atoms with Crippen LogP contribution >= 0.6 is 11.6 Å². The summed E-state index contributed by atoms with van der Waals surface area (Å²) in [7, 11) is 0. The zero-order valence-electron chi connectivity index (χ0n) is 13.3. The van der Waals surface area contributed by atoms with Crippen LogP contribution < -0.4 is 0 Å². The molecule has 0 bridgehead atoms. The van der Waals surface area contributed by atoms with E-state index in [-0.39, 0.29) is 5.02 Å². The monoisotopic (exact) mass is 353 g/mol. The number of nitrogens with one attached hydrogen (secondary N) is 1. The Morgan fingerprint density at radius 3 is 2.76 bits per heavy atom.